The van der Waals surface area contributed by atoms with Crippen molar-refractivity contribution in [3.8, 4) is 0 Å². The summed E-state index contributed by atoms with van der Waals surface area (Å²) in [6.07, 6.45) is 1.66. The van der Waals surface area contributed by atoms with E-state index >= 15 is 0 Å². The van der Waals surface area contributed by atoms with Crippen molar-refractivity contribution in [3.05, 3.63) is 59.9 Å². The number of H-pyrrole nitrogens is 1. The molecule has 2 heterocycles. The lowest BCUT2D eigenvalue weighted by atomic mass is 10.1. The van der Waals surface area contributed by atoms with E-state index in [4.69, 9.17) is 0 Å². The highest BCUT2D eigenvalue weighted by atomic mass is 32.2. The first-order valence-corrected chi connectivity index (χ1v) is 9.34. The molecule has 1 saturated heterocycles. The number of fused-ring (bicyclic) bond motifs is 1. The Morgan fingerprint density at radius 2 is 1.89 bits per heavy atom. The molecule has 1 aliphatic rings. The van der Waals surface area contributed by atoms with Gasteiger partial charge >= 0.3 is 5.51 Å². The number of rotatable bonds is 3. The van der Waals surface area contributed by atoms with E-state index < -0.39 is 5.51 Å². The number of hydrogen-bond donors (Lipinski definition) is 1. The van der Waals surface area contributed by atoms with Crippen LogP contribution in [0.2, 0.25) is 0 Å². The summed E-state index contributed by atoms with van der Waals surface area (Å²) in [4.78, 5) is 22.6. The molecule has 4 nitrogen and oxygen atoms in total. The number of aromatic nitrogens is 2. The van der Waals surface area contributed by atoms with Gasteiger partial charge in [0.25, 0.3) is 5.91 Å². The number of thioether (sulfide) groups is 1. The Morgan fingerprint density at radius 3 is 2.59 bits per heavy atom. The average Bonchev–Trinajstić information content (AvgIpc) is 3.27. The number of imidazole rings is 1. The molecule has 1 atom stereocenters. The van der Waals surface area contributed by atoms with Gasteiger partial charge in [-0.05, 0) is 61.0 Å². The Bertz CT molecular complexity index is 935. The van der Waals surface area contributed by atoms with Crippen LogP contribution in [0, 0.1) is 0 Å². The van der Waals surface area contributed by atoms with Crippen LogP contribution in [-0.4, -0.2) is 32.8 Å². The summed E-state index contributed by atoms with van der Waals surface area (Å²) in [7, 11) is 0. The largest absolute Gasteiger partial charge is 0.446 e. The quantitative estimate of drug-likeness (QED) is 0.628. The van der Waals surface area contributed by atoms with E-state index in [0.717, 1.165) is 29.7 Å². The van der Waals surface area contributed by atoms with Crippen molar-refractivity contribution < 1.29 is 18.0 Å². The SMILES string of the molecule is O=C(c1ccc(SC(F)(F)F)cc1)N1CCC[C@@H]1c1nc2ccccc2[nH]1. The summed E-state index contributed by atoms with van der Waals surface area (Å²) in [6, 6.07) is 13.1. The molecule has 0 spiro atoms. The maximum absolute atomic E-state index is 12.9. The number of nitrogens with one attached hydrogen (secondary N) is 1. The van der Waals surface area contributed by atoms with Crippen LogP contribution < -0.4 is 0 Å². The minimum absolute atomic E-state index is 0.0642. The number of carbonyl (C=O) groups is 1. The lowest BCUT2D eigenvalue weighted by molar-refractivity contribution is -0.0328. The summed E-state index contributed by atoms with van der Waals surface area (Å²) in [5, 5.41) is 0. The number of benzene rings is 2. The zero-order valence-corrected chi connectivity index (χ0v) is 15.0. The predicted octanol–water partition coefficient (Wildman–Crippen LogP) is 5.15. The van der Waals surface area contributed by atoms with Crippen LogP contribution in [0.5, 0.6) is 0 Å². The molecule has 140 valence electrons. The fraction of sp³-hybridized carbons (Fsp3) is 0.263. The van der Waals surface area contributed by atoms with Gasteiger partial charge in [-0.15, -0.1) is 0 Å². The molecule has 0 radical (unpaired) electrons. The third-order valence-electron chi connectivity index (χ3n) is 4.57. The molecule has 4 rings (SSSR count). The van der Waals surface area contributed by atoms with Gasteiger partial charge in [-0.2, -0.15) is 13.2 Å². The zero-order chi connectivity index (χ0) is 19.0. The number of para-hydroxylation sites is 2. The lowest BCUT2D eigenvalue weighted by Crippen LogP contribution is -2.31. The van der Waals surface area contributed by atoms with Crippen molar-refractivity contribution in [1.82, 2.24) is 14.9 Å². The molecule has 27 heavy (non-hydrogen) atoms. The van der Waals surface area contributed by atoms with Gasteiger partial charge in [-0.25, -0.2) is 4.98 Å². The smallest absolute Gasteiger partial charge is 0.340 e. The highest BCUT2D eigenvalue weighted by Crippen LogP contribution is 2.37. The minimum atomic E-state index is -4.34. The van der Waals surface area contributed by atoms with Gasteiger partial charge in [0.05, 0.1) is 17.1 Å². The van der Waals surface area contributed by atoms with Gasteiger partial charge in [0, 0.05) is 17.0 Å². The van der Waals surface area contributed by atoms with Gasteiger partial charge in [0.2, 0.25) is 0 Å². The highest BCUT2D eigenvalue weighted by molar-refractivity contribution is 8.00. The van der Waals surface area contributed by atoms with E-state index in [2.05, 4.69) is 9.97 Å². The average molecular weight is 391 g/mol. The van der Waals surface area contributed by atoms with Crippen molar-refractivity contribution in [1.29, 1.82) is 0 Å². The molecular formula is C19H16F3N3OS. The normalized spacial score (nSPS) is 17.6. The van der Waals surface area contributed by atoms with E-state index in [-0.39, 0.29) is 28.6 Å². The molecule has 0 unspecified atom stereocenters. The molecule has 1 aromatic heterocycles. The number of aromatic amines is 1. The molecule has 1 N–H and O–H groups in total. The summed E-state index contributed by atoms with van der Waals surface area (Å²) >= 11 is -0.187. The second-order valence-corrected chi connectivity index (χ2v) is 7.51. The Morgan fingerprint density at radius 1 is 1.15 bits per heavy atom. The summed E-state index contributed by atoms with van der Waals surface area (Å²) in [5.74, 6) is 0.549. The molecule has 0 aliphatic carbocycles. The van der Waals surface area contributed by atoms with E-state index in [9.17, 15) is 18.0 Å². The molecule has 0 saturated carbocycles. The molecule has 1 aliphatic heterocycles. The third-order valence-corrected chi connectivity index (χ3v) is 5.31. The van der Waals surface area contributed by atoms with Crippen LogP contribution in [0.25, 0.3) is 11.0 Å². The molecule has 1 fully saturated rings. The van der Waals surface area contributed by atoms with Crippen LogP contribution in [0.15, 0.2) is 53.4 Å². The van der Waals surface area contributed by atoms with Crippen molar-refractivity contribution >= 4 is 28.7 Å². The lowest BCUT2D eigenvalue weighted by Gasteiger charge is -2.23. The monoisotopic (exact) mass is 391 g/mol. The summed E-state index contributed by atoms with van der Waals surface area (Å²) < 4.78 is 37.4. The number of alkyl halides is 3. The van der Waals surface area contributed by atoms with Gasteiger partial charge in [0.15, 0.2) is 0 Å². The fourth-order valence-electron chi connectivity index (χ4n) is 3.39. The van der Waals surface area contributed by atoms with Gasteiger partial charge in [-0.3, -0.25) is 4.79 Å². The van der Waals surface area contributed by atoms with E-state index in [0.29, 0.717) is 12.1 Å². The summed E-state index contributed by atoms with van der Waals surface area (Å²) in [6.45, 7) is 0.597. The van der Waals surface area contributed by atoms with Crippen molar-refractivity contribution in [2.75, 3.05) is 6.54 Å². The van der Waals surface area contributed by atoms with Crippen LogP contribution in [-0.2, 0) is 0 Å². The number of hydrogen-bond acceptors (Lipinski definition) is 3. The highest BCUT2D eigenvalue weighted by Gasteiger charge is 2.33. The zero-order valence-electron chi connectivity index (χ0n) is 14.2. The Hall–Kier alpha value is -2.48. The molecular weight excluding hydrogens is 375 g/mol. The van der Waals surface area contributed by atoms with Gasteiger partial charge in [-0.1, -0.05) is 12.1 Å². The molecule has 3 aromatic rings. The van der Waals surface area contributed by atoms with Crippen molar-refractivity contribution in [2.24, 2.45) is 0 Å². The standard InChI is InChI=1S/C19H16F3N3OS/c20-19(21,22)27-13-9-7-12(8-10-13)18(26)25-11-3-6-16(25)17-23-14-4-1-2-5-15(14)24-17/h1-2,4-5,7-10,16H,3,6,11H2,(H,23,24)/t16-/m1/s1. The van der Waals surface area contributed by atoms with Crippen LogP contribution in [0.4, 0.5) is 13.2 Å². The Kier molecular flexibility index (Phi) is 4.59. The number of amides is 1. The number of likely N-dealkylation sites (tertiary alicyclic amines) is 1. The number of halogens is 3. The maximum Gasteiger partial charge on any atom is 0.446 e. The minimum Gasteiger partial charge on any atom is -0.340 e. The number of carbonyl (C=O) groups excluding carboxylic acids is 1. The van der Waals surface area contributed by atoms with Crippen molar-refractivity contribution in [2.45, 2.75) is 29.3 Å². The third kappa shape index (κ3) is 3.80. The fourth-order valence-corrected chi connectivity index (χ4v) is 3.93. The molecule has 0 bridgehead atoms. The van der Waals surface area contributed by atoms with E-state index in [1.165, 1.54) is 24.3 Å². The first-order valence-electron chi connectivity index (χ1n) is 8.52. The first-order chi connectivity index (χ1) is 12.9. The Balaban J connectivity index is 1.55. The van der Waals surface area contributed by atoms with Gasteiger partial charge < -0.3 is 9.88 Å². The van der Waals surface area contributed by atoms with Crippen LogP contribution in [0.3, 0.4) is 0 Å². The molecule has 2 aromatic carbocycles. The maximum atomic E-state index is 12.9. The van der Waals surface area contributed by atoms with Gasteiger partial charge in [0.1, 0.15) is 5.82 Å². The van der Waals surface area contributed by atoms with Crippen LogP contribution in [0.1, 0.15) is 35.1 Å². The van der Waals surface area contributed by atoms with E-state index in [1.54, 1.807) is 4.90 Å². The molecule has 8 heteroatoms. The summed E-state index contributed by atoms with van der Waals surface area (Å²) in [5.41, 5.74) is -2.20. The van der Waals surface area contributed by atoms with Crippen molar-refractivity contribution in [3.63, 3.8) is 0 Å². The molecule has 1 amide bonds. The van der Waals surface area contributed by atoms with Crippen LogP contribution >= 0.6 is 11.8 Å². The predicted molar refractivity (Wildman–Crippen MR) is 97.5 cm³/mol. The topological polar surface area (TPSA) is 49.0 Å². The Labute approximate surface area is 157 Å². The number of nitrogens with zero attached hydrogens (tertiary/aromatic N) is 2. The van der Waals surface area contributed by atoms with E-state index in [1.807, 2.05) is 24.3 Å². The first kappa shape index (κ1) is 17.9. The second kappa shape index (κ2) is 6.92. The second-order valence-electron chi connectivity index (χ2n) is 6.37.